The highest BCUT2D eigenvalue weighted by molar-refractivity contribution is 5.90. The van der Waals surface area contributed by atoms with Gasteiger partial charge >= 0.3 is 23.9 Å². The van der Waals surface area contributed by atoms with E-state index in [1.165, 1.54) is 30.7 Å². The summed E-state index contributed by atoms with van der Waals surface area (Å²) < 4.78 is 18.5. The maximum Gasteiger partial charge on any atom is 0.328 e. The van der Waals surface area contributed by atoms with Crippen LogP contribution >= 0.6 is 0 Å². The van der Waals surface area contributed by atoms with Crippen molar-refractivity contribution in [2.75, 3.05) is 26.2 Å². The Balaban J connectivity index is 0.000000393. The van der Waals surface area contributed by atoms with Gasteiger partial charge in [0.1, 0.15) is 18.2 Å². The summed E-state index contributed by atoms with van der Waals surface area (Å²) in [6.07, 6.45) is 7.62. The number of pyridine rings is 1. The number of carboxylic acid groups (broad SMARTS) is 4. The van der Waals surface area contributed by atoms with Gasteiger partial charge in [-0.2, -0.15) is 0 Å². The number of likely N-dealkylation sites (tertiary alicyclic amines) is 1. The summed E-state index contributed by atoms with van der Waals surface area (Å²) in [6, 6.07) is 12.3. The first kappa shape index (κ1) is 32.4. The van der Waals surface area contributed by atoms with E-state index in [-0.39, 0.29) is 5.82 Å². The molecule has 39 heavy (non-hydrogen) atoms. The average Bonchev–Trinajstić information content (AvgIpc) is 2.90. The normalized spacial score (nSPS) is 13.6. The van der Waals surface area contributed by atoms with Crippen molar-refractivity contribution in [1.29, 1.82) is 0 Å². The van der Waals surface area contributed by atoms with Gasteiger partial charge in [0.15, 0.2) is 0 Å². The van der Waals surface area contributed by atoms with Gasteiger partial charge in [0.05, 0.1) is 0 Å². The number of carbonyl (C=O) groups is 4. The van der Waals surface area contributed by atoms with Crippen LogP contribution in [0.5, 0.6) is 5.75 Å². The Morgan fingerprint density at radius 3 is 1.79 bits per heavy atom. The number of benzene rings is 1. The van der Waals surface area contributed by atoms with Crippen molar-refractivity contribution in [3.63, 3.8) is 0 Å². The van der Waals surface area contributed by atoms with E-state index in [4.69, 9.17) is 25.2 Å². The number of carboxylic acids is 4. The van der Waals surface area contributed by atoms with E-state index in [9.17, 15) is 23.6 Å². The minimum absolute atomic E-state index is 0.229. The molecule has 1 saturated heterocycles. The average molecular weight is 547 g/mol. The number of piperidine rings is 1. The monoisotopic (exact) mass is 546 g/mol. The lowest BCUT2D eigenvalue weighted by atomic mass is 9.92. The Hall–Kier alpha value is -4.58. The second kappa shape index (κ2) is 18.6. The molecule has 0 bridgehead atoms. The van der Waals surface area contributed by atoms with Crippen molar-refractivity contribution in [1.82, 2.24) is 9.88 Å². The lowest BCUT2D eigenvalue weighted by molar-refractivity contribution is -0.134. The number of nitrogens with zero attached hydrogens (tertiary/aromatic N) is 2. The van der Waals surface area contributed by atoms with Crippen molar-refractivity contribution in [3.05, 3.63) is 84.5 Å². The zero-order valence-corrected chi connectivity index (χ0v) is 21.1. The molecule has 1 aliphatic rings. The summed E-state index contributed by atoms with van der Waals surface area (Å²) in [5, 5.41) is 31.2. The zero-order valence-electron chi connectivity index (χ0n) is 21.1. The second-order valence-electron chi connectivity index (χ2n) is 8.13. The smallest absolute Gasteiger partial charge is 0.328 e. The lowest BCUT2D eigenvalue weighted by Crippen LogP contribution is -2.37. The summed E-state index contributed by atoms with van der Waals surface area (Å²) in [7, 11) is 0. The molecule has 1 aromatic carbocycles. The van der Waals surface area contributed by atoms with Gasteiger partial charge in [-0.25, -0.2) is 23.6 Å². The topological polar surface area (TPSA) is 175 Å². The molecule has 3 rings (SSSR count). The van der Waals surface area contributed by atoms with E-state index in [2.05, 4.69) is 22.0 Å². The Kier molecular flexibility index (Phi) is 15.5. The number of hydrogen-bond donors (Lipinski definition) is 4. The first-order chi connectivity index (χ1) is 18.5. The van der Waals surface area contributed by atoms with Crippen LogP contribution in [0.2, 0.25) is 0 Å². The van der Waals surface area contributed by atoms with Crippen molar-refractivity contribution in [2.24, 2.45) is 5.92 Å². The van der Waals surface area contributed by atoms with E-state index in [0.29, 0.717) is 30.9 Å². The number of hydrogen-bond acceptors (Lipinski definition) is 7. The number of ether oxygens (including phenoxy) is 1. The minimum atomic E-state index is -1.26. The van der Waals surface area contributed by atoms with Crippen molar-refractivity contribution in [3.8, 4) is 5.75 Å². The van der Waals surface area contributed by atoms with Crippen molar-refractivity contribution in [2.45, 2.75) is 19.3 Å². The molecule has 1 fully saturated rings. The fourth-order valence-corrected chi connectivity index (χ4v) is 3.34. The number of aromatic nitrogens is 1. The Morgan fingerprint density at radius 2 is 1.36 bits per heavy atom. The van der Waals surface area contributed by atoms with Gasteiger partial charge in [-0.05, 0) is 74.7 Å². The quantitative estimate of drug-likeness (QED) is 0.322. The van der Waals surface area contributed by atoms with Crippen LogP contribution in [0.4, 0.5) is 4.39 Å². The third-order valence-corrected chi connectivity index (χ3v) is 5.16. The number of aliphatic carboxylic acids is 4. The van der Waals surface area contributed by atoms with Crippen LogP contribution in [0.1, 0.15) is 18.5 Å². The summed E-state index contributed by atoms with van der Waals surface area (Å²) in [5.41, 5.74) is 1.20. The Bertz CT molecular complexity index is 1030. The highest BCUT2D eigenvalue weighted by Crippen LogP contribution is 2.20. The fourth-order valence-electron chi connectivity index (χ4n) is 3.34. The largest absolute Gasteiger partial charge is 0.492 e. The molecule has 0 saturated carbocycles. The van der Waals surface area contributed by atoms with Crippen LogP contribution in [0.3, 0.4) is 0 Å². The van der Waals surface area contributed by atoms with Crippen LogP contribution in [0.15, 0.2) is 73.0 Å². The van der Waals surface area contributed by atoms with Crippen LogP contribution in [0.25, 0.3) is 0 Å². The van der Waals surface area contributed by atoms with Crippen molar-refractivity contribution < 1.29 is 48.7 Å². The van der Waals surface area contributed by atoms with Crippen LogP contribution in [-0.2, 0) is 25.6 Å². The van der Waals surface area contributed by atoms with Gasteiger partial charge in [0.25, 0.3) is 0 Å². The molecule has 0 aliphatic carbocycles. The maximum absolute atomic E-state index is 12.8. The summed E-state index contributed by atoms with van der Waals surface area (Å²) >= 11 is 0. The molecule has 0 unspecified atom stereocenters. The molecule has 0 radical (unpaired) electrons. The Morgan fingerprint density at radius 1 is 0.846 bits per heavy atom. The number of halogens is 1. The van der Waals surface area contributed by atoms with Gasteiger partial charge in [-0.1, -0.05) is 6.07 Å². The van der Waals surface area contributed by atoms with Crippen LogP contribution < -0.4 is 4.74 Å². The zero-order chi connectivity index (χ0) is 29.0. The van der Waals surface area contributed by atoms with Gasteiger partial charge in [0.2, 0.25) is 0 Å². The van der Waals surface area contributed by atoms with E-state index < -0.39 is 23.9 Å². The molecule has 0 amide bonds. The molecule has 2 aromatic rings. The SMILES string of the molecule is Fc1ccc(OCCN2CCC(Cc3ccccn3)CC2)cc1.O=C(O)/C=C\C(=O)O.O=C(O)/C=C\C(=O)O. The minimum Gasteiger partial charge on any atom is -0.492 e. The van der Waals surface area contributed by atoms with Gasteiger partial charge < -0.3 is 25.2 Å². The molecule has 210 valence electrons. The predicted molar refractivity (Wildman–Crippen MR) is 138 cm³/mol. The molecule has 11 nitrogen and oxygen atoms in total. The molecule has 0 spiro atoms. The lowest BCUT2D eigenvalue weighted by Gasteiger charge is -2.31. The highest BCUT2D eigenvalue weighted by atomic mass is 19.1. The fraction of sp³-hybridized carbons (Fsp3) is 0.296. The molecular weight excluding hydrogens is 515 g/mol. The molecule has 12 heteroatoms. The molecule has 2 heterocycles. The molecule has 1 aromatic heterocycles. The second-order valence-corrected chi connectivity index (χ2v) is 8.13. The van der Waals surface area contributed by atoms with E-state index >= 15 is 0 Å². The standard InChI is InChI=1S/C19H23FN2O.2C4H4O4/c20-17-4-6-19(7-5-17)23-14-13-22-11-8-16(9-12-22)15-18-3-1-2-10-21-18;2*5-3(6)1-2-4(7)8/h1-7,10,16H,8-9,11-15H2;2*1-2H,(H,5,6)(H,7,8)/b;2*2-1-. The van der Waals surface area contributed by atoms with Gasteiger partial charge in [-0.3, -0.25) is 9.88 Å². The van der Waals surface area contributed by atoms with Crippen LogP contribution in [-0.4, -0.2) is 80.4 Å². The summed E-state index contributed by atoms with van der Waals surface area (Å²) in [4.78, 5) is 45.1. The first-order valence-corrected chi connectivity index (χ1v) is 11.8. The number of rotatable bonds is 10. The molecule has 1 aliphatic heterocycles. The maximum atomic E-state index is 12.8. The predicted octanol–water partition coefficient (Wildman–Crippen LogP) is 2.98. The third kappa shape index (κ3) is 17.5. The highest BCUT2D eigenvalue weighted by Gasteiger charge is 2.19. The third-order valence-electron chi connectivity index (χ3n) is 5.16. The van der Waals surface area contributed by atoms with E-state index in [1.807, 2.05) is 12.3 Å². The Labute approximate surface area is 224 Å². The summed E-state index contributed by atoms with van der Waals surface area (Å²) in [5.74, 6) is -3.79. The van der Waals surface area contributed by atoms with Gasteiger partial charge in [0, 0.05) is 42.7 Å². The molecular formula is C27H31FN2O9. The van der Waals surface area contributed by atoms with E-state index in [1.54, 1.807) is 12.1 Å². The summed E-state index contributed by atoms with van der Waals surface area (Å²) in [6.45, 7) is 3.80. The van der Waals surface area contributed by atoms with Gasteiger partial charge in [-0.15, -0.1) is 0 Å². The molecule has 4 N–H and O–H groups in total. The van der Waals surface area contributed by atoms with E-state index in [0.717, 1.165) is 37.7 Å². The van der Waals surface area contributed by atoms with Crippen molar-refractivity contribution >= 4 is 23.9 Å². The first-order valence-electron chi connectivity index (χ1n) is 11.8. The van der Waals surface area contributed by atoms with Crippen LogP contribution in [0, 0.1) is 11.7 Å². The molecule has 0 atom stereocenters.